The largest absolute Gasteiger partial charge is 0.265 e. The molecule has 258 valence electrons. The van der Waals surface area contributed by atoms with Crippen LogP contribution in [0.1, 0.15) is 30.5 Å². The van der Waals surface area contributed by atoms with Crippen molar-refractivity contribution in [3.63, 3.8) is 0 Å². The summed E-state index contributed by atoms with van der Waals surface area (Å²) < 4.78 is 0. The standard InChI is InChI=1S/C49H32N6/c1-49(2)42-29-37(18-19-41(42)45-43(49)24-31(30-50)25-44(45)51-3)39-26-38(34-20-22-52-23-21-34)27-40(28-39)48-54-46(35-12-8-5-9-13-35)53-47(55-48)36-16-14-33(15-17-36)32-10-6-4-7-11-32/h4-29H,1-2H3. The molecule has 0 radical (unpaired) electrons. The Balaban J connectivity index is 1.21. The average molecular weight is 705 g/mol. The van der Waals surface area contributed by atoms with Crippen molar-refractivity contribution < 1.29 is 0 Å². The lowest BCUT2D eigenvalue weighted by Gasteiger charge is -2.22. The summed E-state index contributed by atoms with van der Waals surface area (Å²) in [5.41, 5.74) is 13.6. The molecule has 6 nitrogen and oxygen atoms in total. The second kappa shape index (κ2) is 13.5. The molecule has 1 aliphatic rings. The molecule has 0 spiro atoms. The Bertz CT molecular complexity index is 2830. The number of pyridine rings is 1. The van der Waals surface area contributed by atoms with Crippen molar-refractivity contribution >= 4 is 5.69 Å². The van der Waals surface area contributed by atoms with Gasteiger partial charge in [0.15, 0.2) is 23.2 Å². The van der Waals surface area contributed by atoms with Crippen molar-refractivity contribution in [2.75, 3.05) is 0 Å². The summed E-state index contributed by atoms with van der Waals surface area (Å²) in [4.78, 5) is 23.3. The van der Waals surface area contributed by atoms with Crippen LogP contribution in [0.25, 0.3) is 83.5 Å². The maximum absolute atomic E-state index is 9.76. The Hall–Kier alpha value is -7.54. The smallest absolute Gasteiger partial charge is 0.196 e. The van der Waals surface area contributed by atoms with Crippen molar-refractivity contribution in [3.05, 3.63) is 186 Å². The summed E-state index contributed by atoms with van der Waals surface area (Å²) in [5.74, 6) is 1.74. The van der Waals surface area contributed by atoms with Crippen LogP contribution in [0.3, 0.4) is 0 Å². The van der Waals surface area contributed by atoms with Gasteiger partial charge in [-0.25, -0.2) is 19.8 Å². The van der Waals surface area contributed by atoms with Gasteiger partial charge in [-0.1, -0.05) is 111 Å². The summed E-state index contributed by atoms with van der Waals surface area (Å²) in [5, 5.41) is 9.76. The van der Waals surface area contributed by atoms with Gasteiger partial charge in [-0.15, -0.1) is 0 Å². The summed E-state index contributed by atoms with van der Waals surface area (Å²) in [6.07, 6.45) is 3.60. The molecule has 0 fully saturated rings. The third-order valence-electron chi connectivity index (χ3n) is 10.5. The summed E-state index contributed by atoms with van der Waals surface area (Å²) in [6, 6.07) is 51.5. The Morgan fingerprint density at radius 2 is 1.02 bits per heavy atom. The van der Waals surface area contributed by atoms with E-state index in [1.807, 2.05) is 66.7 Å². The molecule has 2 aromatic heterocycles. The lowest BCUT2D eigenvalue weighted by molar-refractivity contribution is 0.660. The molecule has 8 aromatic rings. The molecule has 6 aromatic carbocycles. The Morgan fingerprint density at radius 3 is 1.65 bits per heavy atom. The van der Waals surface area contributed by atoms with Crippen molar-refractivity contribution in [2.45, 2.75) is 19.3 Å². The summed E-state index contributed by atoms with van der Waals surface area (Å²) in [7, 11) is 0. The first kappa shape index (κ1) is 33.3. The van der Waals surface area contributed by atoms with Gasteiger partial charge in [-0.3, -0.25) is 4.98 Å². The minimum atomic E-state index is -0.414. The van der Waals surface area contributed by atoms with E-state index in [0.29, 0.717) is 28.7 Å². The first-order valence-electron chi connectivity index (χ1n) is 18.0. The van der Waals surface area contributed by atoms with Crippen LogP contribution in [0.2, 0.25) is 0 Å². The van der Waals surface area contributed by atoms with Crippen molar-refractivity contribution in [1.29, 1.82) is 5.26 Å². The van der Waals surface area contributed by atoms with Gasteiger partial charge >= 0.3 is 0 Å². The van der Waals surface area contributed by atoms with Gasteiger partial charge < -0.3 is 0 Å². The monoisotopic (exact) mass is 704 g/mol. The normalized spacial score (nSPS) is 12.3. The molecule has 0 atom stereocenters. The zero-order valence-electron chi connectivity index (χ0n) is 30.2. The number of aromatic nitrogens is 4. The molecule has 0 unspecified atom stereocenters. The molecule has 0 amide bonds. The van der Waals surface area contributed by atoms with Crippen molar-refractivity contribution in [2.24, 2.45) is 0 Å². The predicted octanol–water partition coefficient (Wildman–Crippen LogP) is 12.0. The van der Waals surface area contributed by atoms with Gasteiger partial charge in [0, 0.05) is 40.1 Å². The molecule has 0 saturated heterocycles. The summed E-state index contributed by atoms with van der Waals surface area (Å²) >= 11 is 0. The zero-order chi connectivity index (χ0) is 37.5. The highest BCUT2D eigenvalue weighted by molar-refractivity contribution is 5.93. The van der Waals surface area contributed by atoms with Crippen LogP contribution in [0.4, 0.5) is 5.69 Å². The minimum Gasteiger partial charge on any atom is -0.265 e. The van der Waals surface area contributed by atoms with Gasteiger partial charge in [0.25, 0.3) is 0 Å². The van der Waals surface area contributed by atoms with E-state index in [-0.39, 0.29) is 0 Å². The quantitative estimate of drug-likeness (QED) is 0.161. The van der Waals surface area contributed by atoms with Crippen LogP contribution in [-0.2, 0) is 5.41 Å². The van der Waals surface area contributed by atoms with E-state index in [9.17, 15) is 5.26 Å². The van der Waals surface area contributed by atoms with E-state index in [1.54, 1.807) is 18.5 Å². The fourth-order valence-corrected chi connectivity index (χ4v) is 7.59. The van der Waals surface area contributed by atoms with E-state index >= 15 is 0 Å². The zero-order valence-corrected chi connectivity index (χ0v) is 30.2. The second-order valence-corrected chi connectivity index (χ2v) is 14.2. The molecule has 0 aliphatic heterocycles. The van der Waals surface area contributed by atoms with Crippen molar-refractivity contribution in [1.82, 2.24) is 19.9 Å². The van der Waals surface area contributed by atoms with E-state index in [0.717, 1.165) is 72.3 Å². The Morgan fingerprint density at radius 1 is 0.509 bits per heavy atom. The van der Waals surface area contributed by atoms with Gasteiger partial charge in [0.1, 0.15) is 0 Å². The fraction of sp³-hybridized carbons (Fsp3) is 0.0612. The molecule has 1 aliphatic carbocycles. The lowest BCUT2D eigenvalue weighted by Crippen LogP contribution is -2.15. The molecular formula is C49H32N6. The number of hydrogen-bond donors (Lipinski definition) is 0. The van der Waals surface area contributed by atoms with E-state index in [2.05, 4.69) is 103 Å². The van der Waals surface area contributed by atoms with Crippen LogP contribution in [-0.4, -0.2) is 19.9 Å². The maximum Gasteiger partial charge on any atom is 0.196 e. The molecule has 9 rings (SSSR count). The highest BCUT2D eigenvalue weighted by Crippen LogP contribution is 2.53. The third-order valence-corrected chi connectivity index (χ3v) is 10.5. The average Bonchev–Trinajstić information content (AvgIpc) is 3.49. The topological polar surface area (TPSA) is 79.7 Å². The van der Waals surface area contributed by atoms with Crippen LogP contribution in [0.15, 0.2) is 158 Å². The van der Waals surface area contributed by atoms with Crippen LogP contribution in [0, 0.1) is 17.9 Å². The third kappa shape index (κ3) is 6.03. The number of hydrogen-bond acceptors (Lipinski definition) is 5. The first-order chi connectivity index (χ1) is 26.9. The minimum absolute atomic E-state index is 0.414. The van der Waals surface area contributed by atoms with Gasteiger partial charge in [-0.05, 0) is 104 Å². The van der Waals surface area contributed by atoms with Crippen molar-refractivity contribution in [3.8, 4) is 84.7 Å². The molecule has 2 heterocycles. The van der Waals surface area contributed by atoms with Crippen LogP contribution in [0.5, 0.6) is 0 Å². The van der Waals surface area contributed by atoms with E-state index < -0.39 is 5.41 Å². The van der Waals surface area contributed by atoms with Gasteiger partial charge in [-0.2, -0.15) is 5.26 Å². The maximum atomic E-state index is 9.76. The second-order valence-electron chi connectivity index (χ2n) is 14.2. The van der Waals surface area contributed by atoms with Gasteiger partial charge in [0.2, 0.25) is 0 Å². The SMILES string of the molecule is [C-]#[N+]c1cc(C#N)cc2c1-c1ccc(-c3cc(-c4ccncc4)cc(-c4nc(-c5ccccc5)nc(-c5ccc(-c6ccccc6)cc5)n4)c3)cc1C2(C)C. The number of rotatable bonds is 6. The van der Waals surface area contributed by atoms with E-state index in [1.165, 1.54) is 0 Å². The highest BCUT2D eigenvalue weighted by atomic mass is 15.0. The number of nitrogens with zero attached hydrogens (tertiary/aromatic N) is 6. The van der Waals surface area contributed by atoms with Crippen LogP contribution < -0.4 is 0 Å². The molecule has 55 heavy (non-hydrogen) atoms. The van der Waals surface area contributed by atoms with E-state index in [4.69, 9.17) is 21.5 Å². The lowest BCUT2D eigenvalue weighted by atomic mass is 9.81. The Kier molecular flexibility index (Phi) is 8.15. The first-order valence-corrected chi connectivity index (χ1v) is 18.0. The molecule has 0 saturated carbocycles. The highest BCUT2D eigenvalue weighted by Gasteiger charge is 2.37. The molecule has 6 heteroatoms. The molecule has 0 bridgehead atoms. The summed E-state index contributed by atoms with van der Waals surface area (Å²) in [6.45, 7) is 12.3. The number of nitriles is 1. The van der Waals surface area contributed by atoms with Crippen LogP contribution >= 0.6 is 0 Å². The predicted molar refractivity (Wildman–Crippen MR) is 219 cm³/mol. The number of fused-ring (bicyclic) bond motifs is 3. The fourth-order valence-electron chi connectivity index (χ4n) is 7.59. The molecular weight excluding hydrogens is 673 g/mol. The number of benzene rings is 6. The van der Waals surface area contributed by atoms with Gasteiger partial charge in [0.05, 0.1) is 12.6 Å². The molecule has 0 N–H and O–H groups in total. The Labute approximate surface area is 320 Å².